The summed E-state index contributed by atoms with van der Waals surface area (Å²) in [7, 11) is -3.00. The molecule has 0 spiro atoms. The fraction of sp³-hybridized carbons (Fsp3) is 0.0789. The minimum absolute atomic E-state index is 0.00665. The van der Waals surface area contributed by atoms with Crippen molar-refractivity contribution in [2.75, 3.05) is 6.61 Å². The number of hydrogen-bond acceptors (Lipinski definition) is 7. The number of aromatic hydroxyl groups is 1. The summed E-state index contributed by atoms with van der Waals surface area (Å²) in [4.78, 5) is 50.1. The second-order valence-electron chi connectivity index (χ2n) is 11.5. The highest BCUT2D eigenvalue weighted by Gasteiger charge is 2.33. The number of benzene rings is 4. The van der Waals surface area contributed by atoms with Crippen molar-refractivity contribution in [3.63, 3.8) is 0 Å². The first kappa shape index (κ1) is 32.9. The van der Waals surface area contributed by atoms with Crippen LogP contribution in [0.4, 0.5) is 14.4 Å². The number of rotatable bonds is 10. The second kappa shape index (κ2) is 14.1. The summed E-state index contributed by atoms with van der Waals surface area (Å²) in [5.74, 6) is -1.60. The molecule has 13 heteroatoms. The molecule has 0 radical (unpaired) electrons. The Balaban J connectivity index is 1.26. The number of carbonyl (C=O) groups is 3. The SMILES string of the molecule is O=C(COc1ccc(-c2cc(-c3ccccc3)c(/N=C3\N=C(c4ccc(O)cc4)C=C3c3ccccc3)n2B(F)F)cc1)ON1C(=O)CCC1=O. The fourth-order valence-electron chi connectivity index (χ4n) is 5.73. The highest BCUT2D eigenvalue weighted by Crippen LogP contribution is 2.41. The van der Waals surface area contributed by atoms with Crippen LogP contribution < -0.4 is 4.74 Å². The number of ether oxygens (including phenoxy) is 1. The number of halogens is 2. The number of imide groups is 1. The van der Waals surface area contributed by atoms with E-state index in [1.165, 1.54) is 12.1 Å². The first-order valence-corrected chi connectivity index (χ1v) is 15.9. The summed E-state index contributed by atoms with van der Waals surface area (Å²) in [6.07, 6.45) is 1.77. The van der Waals surface area contributed by atoms with Gasteiger partial charge in [0, 0.05) is 35.2 Å². The molecular weight excluding hydrogens is 657 g/mol. The molecule has 1 aromatic heterocycles. The third kappa shape index (κ3) is 6.95. The van der Waals surface area contributed by atoms with Gasteiger partial charge < -0.3 is 19.2 Å². The zero-order valence-corrected chi connectivity index (χ0v) is 26.8. The van der Waals surface area contributed by atoms with Gasteiger partial charge in [-0.15, -0.1) is 5.06 Å². The maximum absolute atomic E-state index is 15.2. The number of phenolic OH excluding ortho intramolecular Hbond substituents is 1. The Morgan fingerprint density at radius 1 is 0.804 bits per heavy atom. The lowest BCUT2D eigenvalue weighted by molar-refractivity contribution is -0.198. The summed E-state index contributed by atoms with van der Waals surface area (Å²) in [6.45, 7) is -0.590. The average Bonchev–Trinajstić information content (AvgIpc) is 3.84. The normalized spacial score (nSPS) is 14.9. The maximum atomic E-state index is 15.2. The molecule has 0 aliphatic carbocycles. The molecule has 7 rings (SSSR count). The van der Waals surface area contributed by atoms with Crippen LogP contribution in [0, 0.1) is 0 Å². The van der Waals surface area contributed by atoms with E-state index in [4.69, 9.17) is 19.6 Å². The first-order chi connectivity index (χ1) is 24.7. The average molecular weight is 684 g/mol. The van der Waals surface area contributed by atoms with Crippen LogP contribution in [0.5, 0.6) is 11.5 Å². The van der Waals surface area contributed by atoms with Gasteiger partial charge in [-0.3, -0.25) is 18.2 Å². The van der Waals surface area contributed by atoms with E-state index < -0.39 is 31.8 Å². The van der Waals surface area contributed by atoms with Crippen LogP contribution in [-0.4, -0.2) is 58.0 Å². The second-order valence-corrected chi connectivity index (χ2v) is 11.5. The molecule has 4 aromatic carbocycles. The van der Waals surface area contributed by atoms with Crippen molar-refractivity contribution in [3.8, 4) is 33.9 Å². The van der Waals surface area contributed by atoms with Crippen molar-refractivity contribution in [1.29, 1.82) is 0 Å². The van der Waals surface area contributed by atoms with Crippen molar-refractivity contribution in [2.45, 2.75) is 12.8 Å². The molecule has 2 amide bonds. The van der Waals surface area contributed by atoms with Crippen LogP contribution in [0.2, 0.25) is 0 Å². The number of aliphatic imine (C=N–C) groups is 2. The number of aromatic nitrogens is 1. The standard InChI is InChI=1S/C38H27BF2N4O6/c40-39(41)44-33(27-13-17-29(18-14-27)50-23-36(49)51-45-34(47)19-20-35(45)48)22-31(25-9-5-2-6-10-25)38(44)43-37-30(24-7-3-1-4-8-24)21-32(42-37)26-11-15-28(46)16-12-26/h1-18,21-22,46H,19-20,23H2/b43-37-. The van der Waals surface area contributed by atoms with Gasteiger partial charge in [0.15, 0.2) is 12.4 Å². The molecule has 252 valence electrons. The third-order valence-electron chi connectivity index (χ3n) is 8.20. The molecule has 3 heterocycles. The first-order valence-electron chi connectivity index (χ1n) is 15.9. The summed E-state index contributed by atoms with van der Waals surface area (Å²) in [5.41, 5.74) is 4.41. The number of amidine groups is 1. The summed E-state index contributed by atoms with van der Waals surface area (Å²) in [6, 6.07) is 32.8. The number of hydrogen-bond donors (Lipinski definition) is 1. The van der Waals surface area contributed by atoms with Crippen molar-refractivity contribution in [3.05, 3.63) is 132 Å². The molecular formula is C38H27BF2N4O6. The number of nitrogens with zero attached hydrogens (tertiary/aromatic N) is 4. The molecule has 0 bridgehead atoms. The predicted octanol–water partition coefficient (Wildman–Crippen LogP) is 6.90. The van der Waals surface area contributed by atoms with Crippen molar-refractivity contribution >= 4 is 48.1 Å². The summed E-state index contributed by atoms with van der Waals surface area (Å²) >= 11 is 0. The van der Waals surface area contributed by atoms with E-state index in [9.17, 15) is 19.5 Å². The van der Waals surface area contributed by atoms with Gasteiger partial charge in [-0.1, -0.05) is 60.7 Å². The highest BCUT2D eigenvalue weighted by atomic mass is 19.2. The van der Waals surface area contributed by atoms with E-state index in [-0.39, 0.29) is 41.7 Å². The van der Waals surface area contributed by atoms with Crippen LogP contribution in [0.3, 0.4) is 0 Å². The van der Waals surface area contributed by atoms with E-state index >= 15 is 8.63 Å². The number of hydroxylamine groups is 2. The summed E-state index contributed by atoms with van der Waals surface area (Å²) < 4.78 is 36.7. The molecule has 51 heavy (non-hydrogen) atoms. The highest BCUT2D eigenvalue weighted by molar-refractivity contribution is 6.43. The van der Waals surface area contributed by atoms with Gasteiger partial charge >= 0.3 is 13.4 Å². The Morgan fingerprint density at radius 2 is 1.41 bits per heavy atom. The number of carbonyl (C=O) groups excluding carboxylic acids is 3. The Hall–Kier alpha value is -6.63. The molecule has 1 N–H and O–H groups in total. The van der Waals surface area contributed by atoms with Crippen LogP contribution >= 0.6 is 0 Å². The van der Waals surface area contributed by atoms with Crippen LogP contribution in [0.25, 0.3) is 28.0 Å². The molecule has 2 aliphatic rings. The van der Waals surface area contributed by atoms with E-state index in [2.05, 4.69) is 0 Å². The molecule has 0 unspecified atom stereocenters. The molecule has 1 saturated heterocycles. The molecule has 2 aliphatic heterocycles. The van der Waals surface area contributed by atoms with Crippen LogP contribution in [0.1, 0.15) is 24.0 Å². The Morgan fingerprint density at radius 3 is 2.04 bits per heavy atom. The molecule has 0 atom stereocenters. The predicted molar refractivity (Wildman–Crippen MR) is 188 cm³/mol. The Labute approximate surface area is 290 Å². The van der Waals surface area contributed by atoms with E-state index in [0.29, 0.717) is 38.6 Å². The molecule has 5 aromatic rings. The minimum atomic E-state index is -3.00. The maximum Gasteiger partial charge on any atom is 0.679 e. The van der Waals surface area contributed by atoms with Crippen molar-refractivity contribution in [2.24, 2.45) is 9.98 Å². The van der Waals surface area contributed by atoms with Gasteiger partial charge in [0.2, 0.25) is 0 Å². The van der Waals surface area contributed by atoms with Crippen LogP contribution in [-0.2, 0) is 19.2 Å². The molecule has 1 fully saturated rings. The van der Waals surface area contributed by atoms with E-state index in [1.54, 1.807) is 42.5 Å². The van der Waals surface area contributed by atoms with Crippen molar-refractivity contribution < 1.29 is 37.7 Å². The van der Waals surface area contributed by atoms with Crippen LogP contribution in [0.15, 0.2) is 131 Å². The number of phenols is 1. The number of amides is 2. The quantitative estimate of drug-likeness (QED) is 0.126. The van der Waals surface area contributed by atoms with E-state index in [0.717, 1.165) is 10.0 Å². The Bertz CT molecular complexity index is 2200. The summed E-state index contributed by atoms with van der Waals surface area (Å²) in [5, 5.41) is 10.3. The number of allylic oxidation sites excluding steroid dienone is 1. The largest absolute Gasteiger partial charge is 0.679 e. The van der Waals surface area contributed by atoms with Gasteiger partial charge in [-0.2, -0.15) is 0 Å². The lowest BCUT2D eigenvalue weighted by Gasteiger charge is -2.13. The lowest BCUT2D eigenvalue weighted by atomic mass is 10.0. The third-order valence-corrected chi connectivity index (χ3v) is 8.20. The zero-order valence-electron chi connectivity index (χ0n) is 26.8. The minimum Gasteiger partial charge on any atom is -0.508 e. The monoisotopic (exact) mass is 684 g/mol. The van der Waals surface area contributed by atoms with Crippen molar-refractivity contribution in [1.82, 2.24) is 9.54 Å². The smallest absolute Gasteiger partial charge is 0.508 e. The van der Waals surface area contributed by atoms with Gasteiger partial charge in [0.05, 0.1) is 5.71 Å². The molecule has 10 nitrogen and oxygen atoms in total. The molecule has 0 saturated carbocycles. The van der Waals surface area contributed by atoms with Gasteiger partial charge in [0.25, 0.3) is 11.8 Å². The Kier molecular flexibility index (Phi) is 9.08. The van der Waals surface area contributed by atoms with E-state index in [1.807, 2.05) is 66.7 Å². The van der Waals surface area contributed by atoms with Gasteiger partial charge in [-0.25, -0.2) is 14.8 Å². The lowest BCUT2D eigenvalue weighted by Crippen LogP contribution is -2.33. The topological polar surface area (TPSA) is 123 Å². The van der Waals surface area contributed by atoms with Gasteiger partial charge in [-0.05, 0) is 77.4 Å². The fourth-order valence-corrected chi connectivity index (χ4v) is 5.73. The van der Waals surface area contributed by atoms with Gasteiger partial charge in [0.1, 0.15) is 17.3 Å². The zero-order chi connectivity index (χ0) is 35.5.